The first kappa shape index (κ1) is 14.0. The molecule has 21 heavy (non-hydrogen) atoms. The quantitative estimate of drug-likeness (QED) is 0.858. The molecule has 1 aliphatic heterocycles. The number of carbonyl (C=O) groups is 2. The van der Waals surface area contributed by atoms with Gasteiger partial charge in [0.25, 0.3) is 5.91 Å². The van der Waals surface area contributed by atoms with E-state index in [1.54, 1.807) is 19.2 Å². The van der Waals surface area contributed by atoms with Gasteiger partial charge in [-0.05, 0) is 24.5 Å². The minimum atomic E-state index is -0.504. The van der Waals surface area contributed by atoms with Crippen LogP contribution < -0.4 is 11.1 Å². The van der Waals surface area contributed by atoms with E-state index >= 15 is 0 Å². The van der Waals surface area contributed by atoms with Gasteiger partial charge in [0.15, 0.2) is 0 Å². The minimum absolute atomic E-state index is 0. The number of carbonyl (C=O) groups excluding carboxylic acids is 2. The zero-order chi connectivity index (χ0) is 15.0. The second-order valence-corrected chi connectivity index (χ2v) is 6.28. The van der Waals surface area contributed by atoms with Crippen molar-refractivity contribution in [1.82, 2.24) is 15.2 Å². The number of hydrogen-bond donors (Lipinski definition) is 2. The number of nitrogens with two attached hydrogens (primary N) is 1. The molecule has 1 saturated heterocycles. The van der Waals surface area contributed by atoms with E-state index in [4.69, 9.17) is 5.73 Å². The number of nitrogens with one attached hydrogen (secondary N) is 1. The zero-order valence-corrected chi connectivity index (χ0v) is 12.1. The lowest BCUT2D eigenvalue weighted by molar-refractivity contribution is -0.149. The highest BCUT2D eigenvalue weighted by Gasteiger charge is 2.52. The van der Waals surface area contributed by atoms with Gasteiger partial charge in [0.05, 0.1) is 0 Å². The maximum atomic E-state index is 11.2. The number of hydrogen-bond acceptors (Lipinski definition) is 4. The average molecular weight is 292 g/mol. The van der Waals surface area contributed by atoms with Gasteiger partial charge in [0.1, 0.15) is 5.69 Å². The van der Waals surface area contributed by atoms with Gasteiger partial charge < -0.3 is 16.0 Å². The summed E-state index contributed by atoms with van der Waals surface area (Å²) in [6.07, 6.45) is 3.94. The molecule has 0 atom stereocenters. The van der Waals surface area contributed by atoms with E-state index in [1.165, 1.54) is 0 Å². The summed E-state index contributed by atoms with van der Waals surface area (Å²) >= 11 is 0. The van der Waals surface area contributed by atoms with Gasteiger partial charge in [-0.1, -0.05) is 6.07 Å². The van der Waals surface area contributed by atoms with Gasteiger partial charge in [-0.15, -0.1) is 0 Å². The monoisotopic (exact) mass is 292 g/mol. The lowest BCUT2D eigenvalue weighted by Crippen LogP contribution is -2.66. The molecule has 6 nitrogen and oxygen atoms in total. The first-order valence-electron chi connectivity index (χ1n) is 7.21. The fourth-order valence-corrected chi connectivity index (χ4v) is 3.31. The topological polar surface area (TPSA) is 88.3 Å². The smallest absolute Gasteiger partial charge is 0.267 e. The number of aromatic nitrogens is 1. The van der Waals surface area contributed by atoms with E-state index in [9.17, 15) is 9.59 Å². The van der Waals surface area contributed by atoms with E-state index in [1.807, 2.05) is 11.0 Å². The van der Waals surface area contributed by atoms with Crippen LogP contribution in [0.4, 0.5) is 0 Å². The first-order chi connectivity index (χ1) is 9.97. The molecule has 0 bridgehead atoms. The summed E-state index contributed by atoms with van der Waals surface area (Å²) in [4.78, 5) is 28.1. The van der Waals surface area contributed by atoms with Crippen molar-refractivity contribution in [2.45, 2.75) is 32.4 Å². The number of rotatable bonds is 4. The molecule has 6 heteroatoms. The summed E-state index contributed by atoms with van der Waals surface area (Å²) in [7, 11) is 0. The molecule has 0 unspecified atom stereocenters. The Hall–Kier alpha value is -1.95. The van der Waals surface area contributed by atoms with Crippen LogP contribution in [0.2, 0.25) is 0 Å². The standard InChI is InChI=1S/C15H20N4O2.2H2/c1-10(20)19-8-15(9-19)4-12(5-15)17-6-11-2-3-13(14(16)21)18-7-11;;/h2-3,7,12,17H,4-6,8-9H2,1H3,(H2,16,21);2*1H. The molecule has 1 saturated carbocycles. The Balaban J connectivity index is 0.00000132. The van der Waals surface area contributed by atoms with E-state index in [0.717, 1.165) is 38.0 Å². The molecule has 3 N–H and O–H groups in total. The minimum Gasteiger partial charge on any atom is -0.364 e. The van der Waals surface area contributed by atoms with Gasteiger partial charge in [0.2, 0.25) is 5.91 Å². The summed E-state index contributed by atoms with van der Waals surface area (Å²) in [5, 5.41) is 3.49. The van der Waals surface area contributed by atoms with Crippen LogP contribution in [0, 0.1) is 5.41 Å². The Labute approximate surface area is 126 Å². The van der Waals surface area contributed by atoms with Gasteiger partial charge in [0, 0.05) is 47.1 Å². The third-order valence-corrected chi connectivity index (χ3v) is 4.53. The first-order valence-corrected chi connectivity index (χ1v) is 7.21. The van der Waals surface area contributed by atoms with E-state index in [0.29, 0.717) is 17.2 Å². The Kier molecular flexibility index (Phi) is 3.41. The molecule has 0 radical (unpaired) electrons. The molecule has 3 rings (SSSR count). The normalized spacial score (nSPS) is 20.0. The Morgan fingerprint density at radius 2 is 2.19 bits per heavy atom. The molecule has 2 heterocycles. The second kappa shape index (κ2) is 5.11. The van der Waals surface area contributed by atoms with E-state index < -0.39 is 5.91 Å². The van der Waals surface area contributed by atoms with E-state index in [-0.39, 0.29) is 8.76 Å². The van der Waals surface area contributed by atoms with Crippen molar-refractivity contribution in [2.75, 3.05) is 13.1 Å². The summed E-state index contributed by atoms with van der Waals surface area (Å²) in [5.74, 6) is -0.326. The van der Waals surface area contributed by atoms with Crippen molar-refractivity contribution in [3.8, 4) is 0 Å². The van der Waals surface area contributed by atoms with Crippen molar-refractivity contribution in [1.29, 1.82) is 0 Å². The highest BCUT2D eigenvalue weighted by Crippen LogP contribution is 2.48. The molecule has 1 spiro atoms. The summed E-state index contributed by atoms with van der Waals surface area (Å²) in [6.45, 7) is 4.19. The predicted octanol–water partition coefficient (Wildman–Crippen LogP) is 0.773. The summed E-state index contributed by atoms with van der Waals surface area (Å²) in [5.41, 5.74) is 6.86. The van der Waals surface area contributed by atoms with Crippen LogP contribution in [0.1, 0.15) is 38.7 Å². The van der Waals surface area contributed by atoms with Gasteiger partial charge in [-0.3, -0.25) is 14.6 Å². The van der Waals surface area contributed by atoms with Gasteiger partial charge in [-0.2, -0.15) is 0 Å². The average Bonchev–Trinajstić information content (AvgIpc) is 2.35. The second-order valence-electron chi connectivity index (χ2n) is 6.28. The molecule has 1 aromatic heterocycles. The number of pyridine rings is 1. The maximum absolute atomic E-state index is 11.2. The SMILES string of the molecule is CC(=O)N1CC2(CC(NCc3ccc(C(N)=O)nc3)C2)C1.[HH].[HH]. The zero-order valence-electron chi connectivity index (χ0n) is 12.1. The molecule has 2 fully saturated rings. The number of nitrogens with zero attached hydrogens (tertiary/aromatic N) is 2. The molecule has 1 aromatic rings. The summed E-state index contributed by atoms with van der Waals surface area (Å²) in [6, 6.07) is 4.03. The fraction of sp³-hybridized carbons (Fsp3) is 0.533. The van der Waals surface area contributed by atoms with Crippen LogP contribution in [-0.4, -0.2) is 40.8 Å². The molecular formula is C15H24N4O2. The predicted molar refractivity (Wildman–Crippen MR) is 81.5 cm³/mol. The van der Waals surface area contributed by atoms with Gasteiger partial charge in [-0.25, -0.2) is 0 Å². The van der Waals surface area contributed by atoms with Crippen LogP contribution in [0.25, 0.3) is 0 Å². The number of amides is 2. The van der Waals surface area contributed by atoms with Crippen LogP contribution in [0.3, 0.4) is 0 Å². The molecular weight excluding hydrogens is 268 g/mol. The van der Waals surface area contributed by atoms with Gasteiger partial charge >= 0.3 is 0 Å². The van der Waals surface area contributed by atoms with Crippen molar-refractivity contribution in [2.24, 2.45) is 11.1 Å². The maximum Gasteiger partial charge on any atom is 0.267 e. The molecule has 2 amide bonds. The number of primary amides is 1. The van der Waals surface area contributed by atoms with Crippen LogP contribution in [0.15, 0.2) is 18.3 Å². The molecule has 1 aliphatic carbocycles. The highest BCUT2D eigenvalue weighted by atomic mass is 16.2. The Bertz CT molecular complexity index is 565. The van der Waals surface area contributed by atoms with Crippen molar-refractivity contribution in [3.05, 3.63) is 29.6 Å². The largest absolute Gasteiger partial charge is 0.364 e. The van der Waals surface area contributed by atoms with Crippen molar-refractivity contribution < 1.29 is 12.4 Å². The fourth-order valence-electron chi connectivity index (χ4n) is 3.31. The van der Waals surface area contributed by atoms with E-state index in [2.05, 4.69) is 10.3 Å². The summed E-state index contributed by atoms with van der Waals surface area (Å²) < 4.78 is 0. The third kappa shape index (κ3) is 2.76. The Morgan fingerprint density at radius 3 is 2.71 bits per heavy atom. The molecule has 116 valence electrons. The van der Waals surface area contributed by atoms with Crippen molar-refractivity contribution >= 4 is 11.8 Å². The number of likely N-dealkylation sites (tertiary alicyclic amines) is 1. The van der Waals surface area contributed by atoms with Crippen LogP contribution in [0.5, 0.6) is 0 Å². The molecule has 2 aliphatic rings. The van der Waals surface area contributed by atoms with Crippen molar-refractivity contribution in [3.63, 3.8) is 0 Å². The Morgan fingerprint density at radius 1 is 1.48 bits per heavy atom. The lowest BCUT2D eigenvalue weighted by Gasteiger charge is -2.59. The van der Waals surface area contributed by atoms with Crippen LogP contribution >= 0.6 is 0 Å². The highest BCUT2D eigenvalue weighted by molar-refractivity contribution is 5.90. The molecule has 0 aromatic carbocycles. The van der Waals surface area contributed by atoms with Crippen LogP contribution in [-0.2, 0) is 11.3 Å². The third-order valence-electron chi connectivity index (χ3n) is 4.53. The lowest BCUT2D eigenvalue weighted by atomic mass is 9.60.